The topological polar surface area (TPSA) is 59.6 Å². The van der Waals surface area contributed by atoms with Crippen molar-refractivity contribution in [3.63, 3.8) is 0 Å². The summed E-state index contributed by atoms with van der Waals surface area (Å²) < 4.78 is 11.1. The first-order valence-corrected chi connectivity index (χ1v) is 8.87. The van der Waals surface area contributed by atoms with Crippen LogP contribution in [-0.2, 0) is 9.47 Å². The monoisotopic (exact) mass is 312 g/mol. The van der Waals surface area contributed by atoms with Gasteiger partial charge in [-0.1, -0.05) is 38.5 Å². The van der Waals surface area contributed by atoms with Gasteiger partial charge in [-0.25, -0.2) is 4.79 Å². The molecule has 0 heterocycles. The number of methoxy groups -OCH3 is 2. The second kappa shape index (κ2) is 9.36. The molecule has 0 saturated heterocycles. The normalized spacial score (nSPS) is 33.5. The highest BCUT2D eigenvalue weighted by molar-refractivity contribution is 5.74. The van der Waals surface area contributed by atoms with E-state index in [9.17, 15) is 4.79 Å². The molecular formula is C17H32N2O3. The molecule has 0 unspecified atom stereocenters. The maximum absolute atomic E-state index is 12.4. The molecule has 0 aromatic heterocycles. The highest BCUT2D eigenvalue weighted by atomic mass is 16.5. The Hall–Kier alpha value is -0.810. The minimum absolute atomic E-state index is 0.0668. The molecule has 0 aromatic rings. The predicted octanol–water partition coefficient (Wildman–Crippen LogP) is 2.98. The van der Waals surface area contributed by atoms with Gasteiger partial charge < -0.3 is 20.1 Å². The zero-order valence-corrected chi connectivity index (χ0v) is 14.1. The first-order valence-electron chi connectivity index (χ1n) is 8.87. The van der Waals surface area contributed by atoms with Crippen molar-refractivity contribution >= 4 is 6.03 Å². The Morgan fingerprint density at radius 1 is 0.727 bits per heavy atom. The standard InChI is InChI=1S/C17H32N2O3/c1-21-15-11-7-3-5-9-13(15)18-17(20)19-14-10-6-4-8-12-16(14)22-2/h13-16H,3-12H2,1-2H3,(H2,18,19,20)/t13-,14-,15+,16+/m0/s1. The van der Waals surface area contributed by atoms with E-state index in [1.807, 2.05) is 0 Å². The van der Waals surface area contributed by atoms with E-state index < -0.39 is 0 Å². The average molecular weight is 312 g/mol. The molecule has 2 rings (SSSR count). The largest absolute Gasteiger partial charge is 0.379 e. The number of carbonyl (C=O) groups is 1. The van der Waals surface area contributed by atoms with E-state index in [0.717, 1.165) is 38.5 Å². The molecule has 2 amide bonds. The van der Waals surface area contributed by atoms with Gasteiger partial charge in [0.15, 0.2) is 0 Å². The Morgan fingerprint density at radius 2 is 1.14 bits per heavy atom. The first-order chi connectivity index (χ1) is 10.7. The van der Waals surface area contributed by atoms with E-state index in [2.05, 4.69) is 10.6 Å². The van der Waals surface area contributed by atoms with Crippen molar-refractivity contribution in [3.05, 3.63) is 0 Å². The summed E-state index contributed by atoms with van der Waals surface area (Å²) in [6.07, 6.45) is 11.5. The van der Waals surface area contributed by atoms with Crippen LogP contribution in [0.4, 0.5) is 4.79 Å². The van der Waals surface area contributed by atoms with Crippen LogP contribution in [0.5, 0.6) is 0 Å². The third-order valence-electron chi connectivity index (χ3n) is 5.14. The summed E-state index contributed by atoms with van der Waals surface area (Å²) in [5.41, 5.74) is 0. The number of rotatable bonds is 4. The van der Waals surface area contributed by atoms with Gasteiger partial charge in [-0.15, -0.1) is 0 Å². The van der Waals surface area contributed by atoms with Crippen molar-refractivity contribution in [1.29, 1.82) is 0 Å². The van der Waals surface area contributed by atoms with Gasteiger partial charge in [0, 0.05) is 14.2 Å². The number of hydrogen-bond donors (Lipinski definition) is 2. The van der Waals surface area contributed by atoms with Crippen molar-refractivity contribution in [1.82, 2.24) is 10.6 Å². The van der Waals surface area contributed by atoms with E-state index in [4.69, 9.17) is 9.47 Å². The smallest absolute Gasteiger partial charge is 0.315 e. The van der Waals surface area contributed by atoms with Crippen molar-refractivity contribution in [3.8, 4) is 0 Å². The average Bonchev–Trinajstić information content (AvgIpc) is 2.87. The van der Waals surface area contributed by atoms with E-state index in [1.54, 1.807) is 14.2 Å². The summed E-state index contributed by atoms with van der Waals surface area (Å²) in [5, 5.41) is 6.28. The van der Waals surface area contributed by atoms with Crippen molar-refractivity contribution in [2.24, 2.45) is 0 Å². The van der Waals surface area contributed by atoms with E-state index in [0.29, 0.717) is 0 Å². The molecule has 5 nitrogen and oxygen atoms in total. The second-order valence-corrected chi connectivity index (χ2v) is 6.66. The number of nitrogens with one attached hydrogen (secondary N) is 2. The van der Waals surface area contributed by atoms with Gasteiger partial charge in [0.05, 0.1) is 24.3 Å². The van der Waals surface area contributed by atoms with Crippen LogP contribution >= 0.6 is 0 Å². The zero-order valence-electron chi connectivity index (χ0n) is 14.1. The molecule has 0 radical (unpaired) electrons. The lowest BCUT2D eigenvalue weighted by molar-refractivity contribution is 0.0589. The van der Waals surface area contributed by atoms with Gasteiger partial charge in [0.2, 0.25) is 0 Å². The fourth-order valence-corrected chi connectivity index (χ4v) is 3.82. The highest BCUT2D eigenvalue weighted by Gasteiger charge is 2.28. The lowest BCUT2D eigenvalue weighted by atomic mass is 10.1. The fourth-order valence-electron chi connectivity index (χ4n) is 3.82. The minimum atomic E-state index is -0.0668. The molecule has 4 atom stereocenters. The third-order valence-corrected chi connectivity index (χ3v) is 5.14. The molecule has 22 heavy (non-hydrogen) atoms. The lowest BCUT2D eigenvalue weighted by Crippen LogP contribution is -2.53. The van der Waals surface area contributed by atoms with E-state index >= 15 is 0 Å². The maximum atomic E-state index is 12.4. The number of carbonyl (C=O) groups excluding carboxylic acids is 1. The number of hydrogen-bond acceptors (Lipinski definition) is 3. The Bertz CT molecular complexity index is 308. The fraction of sp³-hybridized carbons (Fsp3) is 0.941. The summed E-state index contributed by atoms with van der Waals surface area (Å²) in [6.45, 7) is 0. The summed E-state index contributed by atoms with van der Waals surface area (Å²) >= 11 is 0. The van der Waals surface area contributed by atoms with Crippen LogP contribution in [-0.4, -0.2) is 44.5 Å². The van der Waals surface area contributed by atoms with Gasteiger partial charge in [-0.05, 0) is 25.7 Å². The van der Waals surface area contributed by atoms with Gasteiger partial charge in [0.25, 0.3) is 0 Å². The van der Waals surface area contributed by atoms with Crippen molar-refractivity contribution in [2.45, 2.75) is 88.5 Å². The molecule has 0 bridgehead atoms. The van der Waals surface area contributed by atoms with Crippen LogP contribution in [0.2, 0.25) is 0 Å². The molecule has 2 fully saturated rings. The van der Waals surface area contributed by atoms with E-state index in [-0.39, 0.29) is 30.3 Å². The van der Waals surface area contributed by atoms with Crippen molar-refractivity contribution < 1.29 is 14.3 Å². The highest BCUT2D eigenvalue weighted by Crippen LogP contribution is 2.22. The first kappa shape index (κ1) is 17.5. The number of amides is 2. The minimum Gasteiger partial charge on any atom is -0.379 e. The molecule has 2 aliphatic rings. The van der Waals surface area contributed by atoms with Crippen molar-refractivity contribution in [2.75, 3.05) is 14.2 Å². The molecule has 0 spiro atoms. The quantitative estimate of drug-likeness (QED) is 0.785. The van der Waals surface area contributed by atoms with Crippen LogP contribution in [0.3, 0.4) is 0 Å². The maximum Gasteiger partial charge on any atom is 0.315 e. The number of urea groups is 1. The molecule has 2 aliphatic carbocycles. The van der Waals surface area contributed by atoms with Crippen LogP contribution < -0.4 is 10.6 Å². The molecular weight excluding hydrogens is 280 g/mol. The van der Waals surface area contributed by atoms with Gasteiger partial charge in [-0.2, -0.15) is 0 Å². The summed E-state index contributed by atoms with van der Waals surface area (Å²) in [4.78, 5) is 12.4. The Labute approximate surface area is 134 Å². The molecule has 0 aliphatic heterocycles. The van der Waals surface area contributed by atoms with Gasteiger partial charge in [-0.3, -0.25) is 0 Å². The van der Waals surface area contributed by atoms with Gasteiger partial charge in [0.1, 0.15) is 0 Å². The lowest BCUT2D eigenvalue weighted by Gasteiger charge is -2.28. The van der Waals surface area contributed by atoms with E-state index in [1.165, 1.54) is 25.7 Å². The molecule has 0 aromatic carbocycles. The molecule has 5 heteroatoms. The molecule has 2 saturated carbocycles. The SMILES string of the molecule is CO[C@@H]1CCCCC[C@@H]1NC(=O)N[C@H]1CCCCC[C@H]1OC. The third kappa shape index (κ3) is 5.13. The molecule has 128 valence electrons. The Morgan fingerprint density at radius 3 is 1.55 bits per heavy atom. The Kier molecular flexibility index (Phi) is 7.46. The van der Waals surface area contributed by atoms with Crippen LogP contribution in [0.1, 0.15) is 64.2 Å². The molecule has 2 N–H and O–H groups in total. The summed E-state index contributed by atoms with van der Waals surface area (Å²) in [6, 6.07) is 0.182. The van der Waals surface area contributed by atoms with Gasteiger partial charge >= 0.3 is 6.03 Å². The zero-order chi connectivity index (χ0) is 15.8. The summed E-state index contributed by atoms with van der Waals surface area (Å²) in [7, 11) is 3.49. The number of ether oxygens (including phenoxy) is 2. The van der Waals surface area contributed by atoms with Crippen LogP contribution in [0, 0.1) is 0 Å². The predicted molar refractivity (Wildman–Crippen MR) is 87.0 cm³/mol. The van der Waals surface area contributed by atoms with Crippen LogP contribution in [0.25, 0.3) is 0 Å². The second-order valence-electron chi connectivity index (χ2n) is 6.66. The van der Waals surface area contributed by atoms with Crippen LogP contribution in [0.15, 0.2) is 0 Å². The Balaban J connectivity index is 1.87. The summed E-state index contributed by atoms with van der Waals surface area (Å²) in [5.74, 6) is 0.